The van der Waals surface area contributed by atoms with Crippen LogP contribution in [0.1, 0.15) is 22.8 Å². The largest absolute Gasteiger partial charge is 0.465 e. The lowest BCUT2D eigenvalue weighted by Gasteiger charge is -2.07. The summed E-state index contributed by atoms with van der Waals surface area (Å²) in [5, 5.41) is 8.72. The Morgan fingerprint density at radius 3 is 2.50 bits per heavy atom. The predicted octanol–water partition coefficient (Wildman–Crippen LogP) is 5.06. The van der Waals surface area contributed by atoms with E-state index in [9.17, 15) is 9.59 Å². The van der Waals surface area contributed by atoms with Crippen LogP contribution in [0.5, 0.6) is 0 Å². The van der Waals surface area contributed by atoms with Crippen molar-refractivity contribution in [1.82, 2.24) is 4.98 Å². The van der Waals surface area contributed by atoms with E-state index in [4.69, 9.17) is 16.3 Å². The molecule has 0 saturated heterocycles. The van der Waals surface area contributed by atoms with Crippen molar-refractivity contribution in [2.24, 2.45) is 5.10 Å². The molecule has 3 aromatic rings. The number of aromatic nitrogens is 1. The molecule has 0 unspecified atom stereocenters. The molecule has 0 saturated carbocycles. The van der Waals surface area contributed by atoms with E-state index in [1.807, 2.05) is 17.5 Å². The lowest BCUT2D eigenvalue weighted by atomic mass is 10.1. The first kappa shape index (κ1) is 20.0. The number of carbonyl (C=O) groups excluding carboxylic acids is 2. The Labute approximate surface area is 182 Å². The van der Waals surface area contributed by atoms with Crippen LogP contribution >= 0.6 is 22.9 Å². The Morgan fingerprint density at radius 1 is 1.13 bits per heavy atom. The Hall–Kier alpha value is -3.29. The second-order valence-corrected chi connectivity index (χ2v) is 7.77. The van der Waals surface area contributed by atoms with E-state index in [0.29, 0.717) is 27.0 Å². The van der Waals surface area contributed by atoms with Crippen LogP contribution in [0, 0.1) is 0 Å². The van der Waals surface area contributed by atoms with Crippen LogP contribution in [-0.4, -0.2) is 29.7 Å². The van der Waals surface area contributed by atoms with Crippen molar-refractivity contribution in [3.63, 3.8) is 0 Å². The average Bonchev–Trinajstić information content (AvgIpc) is 3.35. The molecule has 0 spiro atoms. The van der Waals surface area contributed by atoms with Crippen LogP contribution in [-0.2, 0) is 9.53 Å². The molecule has 0 fully saturated rings. The number of hydrazone groups is 1. The van der Waals surface area contributed by atoms with E-state index < -0.39 is 5.97 Å². The first-order valence-corrected chi connectivity index (χ1v) is 10.2. The summed E-state index contributed by atoms with van der Waals surface area (Å²) in [6.45, 7) is 1.78. The lowest BCUT2D eigenvalue weighted by molar-refractivity contribution is -0.114. The highest BCUT2D eigenvalue weighted by Crippen LogP contribution is 2.31. The fourth-order valence-corrected chi connectivity index (χ4v) is 3.84. The maximum Gasteiger partial charge on any atom is 0.337 e. The molecule has 1 aliphatic heterocycles. The second-order valence-electron chi connectivity index (χ2n) is 6.50. The Bertz CT molecular complexity index is 1180. The van der Waals surface area contributed by atoms with Crippen molar-refractivity contribution in [1.29, 1.82) is 0 Å². The summed E-state index contributed by atoms with van der Waals surface area (Å²) in [4.78, 5) is 29.1. The van der Waals surface area contributed by atoms with E-state index in [-0.39, 0.29) is 5.91 Å². The van der Waals surface area contributed by atoms with E-state index in [1.165, 1.54) is 23.5 Å². The average molecular weight is 438 g/mol. The molecular formula is C22H16ClN3O3S. The molecule has 0 radical (unpaired) electrons. The van der Waals surface area contributed by atoms with Gasteiger partial charge in [0, 0.05) is 16.0 Å². The zero-order chi connectivity index (χ0) is 21.3. The standard InChI is InChI=1S/C22H16ClN3O3S/c1-13-18(11-14-3-5-16(6-4-14)21(28)29-2)20(27)26(25-13)22-24-19(12-30-22)15-7-9-17(23)10-8-15/h3-12H,1-2H3/b18-11+. The Balaban J connectivity index is 1.57. The highest BCUT2D eigenvalue weighted by Gasteiger charge is 2.30. The quantitative estimate of drug-likeness (QED) is 0.422. The number of hydrogen-bond donors (Lipinski definition) is 0. The number of anilines is 1. The minimum Gasteiger partial charge on any atom is -0.465 e. The first-order valence-electron chi connectivity index (χ1n) is 8.98. The summed E-state index contributed by atoms with van der Waals surface area (Å²) in [6.07, 6.45) is 1.75. The van der Waals surface area contributed by atoms with E-state index in [0.717, 1.165) is 16.8 Å². The summed E-state index contributed by atoms with van der Waals surface area (Å²) in [5.41, 5.74) is 3.97. The molecule has 2 heterocycles. The minimum atomic E-state index is -0.407. The highest BCUT2D eigenvalue weighted by molar-refractivity contribution is 7.14. The zero-order valence-electron chi connectivity index (χ0n) is 16.1. The SMILES string of the molecule is COC(=O)c1ccc(/C=C2/C(=O)N(c3nc(-c4ccc(Cl)cc4)cs3)N=C2C)cc1. The molecule has 0 N–H and O–H groups in total. The summed E-state index contributed by atoms with van der Waals surface area (Å²) < 4.78 is 4.70. The molecule has 150 valence electrons. The number of nitrogens with zero attached hydrogens (tertiary/aromatic N) is 3. The van der Waals surface area contributed by atoms with Crippen molar-refractivity contribution in [2.75, 3.05) is 12.1 Å². The number of halogens is 1. The zero-order valence-corrected chi connectivity index (χ0v) is 17.7. The van der Waals surface area contributed by atoms with Gasteiger partial charge < -0.3 is 4.74 Å². The van der Waals surface area contributed by atoms with Gasteiger partial charge in [0.25, 0.3) is 5.91 Å². The molecule has 8 heteroatoms. The van der Waals surface area contributed by atoms with Crippen LogP contribution in [0.15, 0.2) is 64.6 Å². The fraction of sp³-hybridized carbons (Fsp3) is 0.0909. The van der Waals surface area contributed by atoms with Gasteiger partial charge in [-0.15, -0.1) is 11.3 Å². The van der Waals surface area contributed by atoms with Gasteiger partial charge in [-0.25, -0.2) is 9.78 Å². The molecule has 0 bridgehead atoms. The van der Waals surface area contributed by atoms with Crippen molar-refractivity contribution < 1.29 is 14.3 Å². The summed E-state index contributed by atoms with van der Waals surface area (Å²) >= 11 is 7.28. The molecular weight excluding hydrogens is 422 g/mol. The van der Waals surface area contributed by atoms with Gasteiger partial charge >= 0.3 is 5.97 Å². The van der Waals surface area contributed by atoms with Gasteiger partial charge in [-0.3, -0.25) is 4.79 Å². The van der Waals surface area contributed by atoms with Gasteiger partial charge in [0.05, 0.1) is 29.7 Å². The normalized spacial score (nSPS) is 14.9. The van der Waals surface area contributed by atoms with Gasteiger partial charge in [-0.1, -0.05) is 35.9 Å². The van der Waals surface area contributed by atoms with Crippen LogP contribution in [0.25, 0.3) is 17.3 Å². The number of amides is 1. The number of ether oxygens (including phenoxy) is 1. The van der Waals surface area contributed by atoms with Crippen molar-refractivity contribution in [3.05, 3.63) is 75.6 Å². The van der Waals surface area contributed by atoms with Crippen molar-refractivity contribution >= 4 is 51.7 Å². The summed E-state index contributed by atoms with van der Waals surface area (Å²) in [6, 6.07) is 14.2. The van der Waals surface area contributed by atoms with E-state index in [2.05, 4.69) is 10.1 Å². The number of thiazole rings is 1. The number of hydrogen-bond acceptors (Lipinski definition) is 6. The third-order valence-electron chi connectivity index (χ3n) is 4.52. The van der Waals surface area contributed by atoms with Crippen LogP contribution in [0.4, 0.5) is 5.13 Å². The van der Waals surface area contributed by atoms with Crippen molar-refractivity contribution in [2.45, 2.75) is 6.92 Å². The predicted molar refractivity (Wildman–Crippen MR) is 119 cm³/mol. The van der Waals surface area contributed by atoms with Gasteiger partial charge in [0.1, 0.15) is 0 Å². The smallest absolute Gasteiger partial charge is 0.337 e. The monoisotopic (exact) mass is 437 g/mol. The van der Waals surface area contributed by atoms with Crippen LogP contribution in [0.2, 0.25) is 5.02 Å². The second kappa shape index (κ2) is 8.22. The molecule has 6 nitrogen and oxygen atoms in total. The van der Waals surface area contributed by atoms with Crippen molar-refractivity contribution in [3.8, 4) is 11.3 Å². The lowest BCUT2D eigenvalue weighted by Crippen LogP contribution is -2.21. The molecule has 1 amide bonds. The molecule has 1 aromatic heterocycles. The number of methoxy groups -OCH3 is 1. The molecule has 0 atom stereocenters. The third kappa shape index (κ3) is 3.90. The topological polar surface area (TPSA) is 71.9 Å². The van der Waals surface area contributed by atoms with Crippen LogP contribution in [0.3, 0.4) is 0 Å². The fourth-order valence-electron chi connectivity index (χ4n) is 2.93. The Kier molecular flexibility index (Phi) is 5.48. The van der Waals surface area contributed by atoms with Gasteiger partial charge in [-0.05, 0) is 42.8 Å². The third-order valence-corrected chi connectivity index (χ3v) is 5.59. The summed E-state index contributed by atoms with van der Waals surface area (Å²) in [7, 11) is 1.33. The maximum absolute atomic E-state index is 13.0. The Morgan fingerprint density at radius 2 is 1.83 bits per heavy atom. The van der Waals surface area contributed by atoms with Gasteiger partial charge in [0.15, 0.2) is 0 Å². The van der Waals surface area contributed by atoms with E-state index in [1.54, 1.807) is 49.4 Å². The maximum atomic E-state index is 13.0. The summed E-state index contributed by atoms with van der Waals surface area (Å²) in [5.74, 6) is -0.656. The molecule has 4 rings (SSSR count). The first-order chi connectivity index (χ1) is 14.5. The van der Waals surface area contributed by atoms with Gasteiger partial charge in [-0.2, -0.15) is 10.1 Å². The number of benzene rings is 2. The van der Waals surface area contributed by atoms with Crippen LogP contribution < -0.4 is 5.01 Å². The highest BCUT2D eigenvalue weighted by atomic mass is 35.5. The molecule has 2 aromatic carbocycles. The number of rotatable bonds is 4. The van der Waals surface area contributed by atoms with E-state index >= 15 is 0 Å². The molecule has 1 aliphatic rings. The molecule has 0 aliphatic carbocycles. The number of esters is 1. The molecule has 30 heavy (non-hydrogen) atoms. The number of carbonyl (C=O) groups is 2. The minimum absolute atomic E-state index is 0.249. The van der Waals surface area contributed by atoms with Gasteiger partial charge in [0.2, 0.25) is 5.13 Å².